The number of carbonyl (C=O) groups is 1. The maximum absolute atomic E-state index is 11.1. The lowest BCUT2D eigenvalue weighted by molar-refractivity contribution is 0.0686. The summed E-state index contributed by atoms with van der Waals surface area (Å²) in [6.45, 7) is 0. The summed E-state index contributed by atoms with van der Waals surface area (Å²) in [6, 6.07) is 4.94. The van der Waals surface area contributed by atoms with Crippen molar-refractivity contribution in [3.8, 4) is 22.6 Å². The van der Waals surface area contributed by atoms with E-state index in [1.165, 1.54) is 14.2 Å². The van der Waals surface area contributed by atoms with Crippen LogP contribution in [0.1, 0.15) is 10.5 Å². The van der Waals surface area contributed by atoms with E-state index >= 15 is 0 Å². The number of hydrogen-bond acceptors (Lipinski definition) is 6. The molecule has 0 bridgehead atoms. The van der Waals surface area contributed by atoms with Gasteiger partial charge >= 0.3 is 5.97 Å². The van der Waals surface area contributed by atoms with Crippen LogP contribution in [0.4, 0.5) is 5.88 Å². The Bertz CT molecular complexity index is 621. The summed E-state index contributed by atoms with van der Waals surface area (Å²) < 4.78 is 15.0. The van der Waals surface area contributed by atoms with Crippen molar-refractivity contribution in [3.63, 3.8) is 0 Å². The molecule has 0 amide bonds. The van der Waals surface area contributed by atoms with E-state index in [0.717, 1.165) is 0 Å². The van der Waals surface area contributed by atoms with Crippen LogP contribution < -0.4 is 15.2 Å². The monoisotopic (exact) mass is 264 g/mol. The highest BCUT2D eigenvalue weighted by molar-refractivity contribution is 5.98. The Labute approximate surface area is 108 Å². The van der Waals surface area contributed by atoms with E-state index < -0.39 is 5.97 Å². The van der Waals surface area contributed by atoms with Gasteiger partial charge in [0.25, 0.3) is 0 Å². The van der Waals surface area contributed by atoms with Gasteiger partial charge in [-0.1, -0.05) is 5.16 Å². The number of nitrogen functional groups attached to an aromatic ring is 1. The number of anilines is 1. The van der Waals surface area contributed by atoms with Crippen molar-refractivity contribution in [1.82, 2.24) is 5.16 Å². The third-order valence-corrected chi connectivity index (χ3v) is 2.60. The van der Waals surface area contributed by atoms with Crippen LogP contribution in [0.25, 0.3) is 11.1 Å². The van der Waals surface area contributed by atoms with Gasteiger partial charge in [-0.25, -0.2) is 4.79 Å². The Hall–Kier alpha value is -2.70. The van der Waals surface area contributed by atoms with E-state index in [1.807, 2.05) is 0 Å². The van der Waals surface area contributed by atoms with Gasteiger partial charge in [-0.2, -0.15) is 0 Å². The molecule has 100 valence electrons. The Morgan fingerprint density at radius 3 is 2.68 bits per heavy atom. The number of nitrogens with zero attached hydrogens (tertiary/aromatic N) is 1. The molecule has 7 heteroatoms. The van der Waals surface area contributed by atoms with Crippen LogP contribution in [0.5, 0.6) is 11.5 Å². The molecule has 0 aliphatic rings. The van der Waals surface area contributed by atoms with Crippen LogP contribution in [0.2, 0.25) is 0 Å². The van der Waals surface area contributed by atoms with Crippen LogP contribution in [0, 0.1) is 0 Å². The molecule has 0 radical (unpaired) electrons. The molecule has 0 unspecified atom stereocenters. The molecule has 0 fully saturated rings. The van der Waals surface area contributed by atoms with Crippen molar-refractivity contribution in [2.75, 3.05) is 20.0 Å². The molecule has 1 heterocycles. The Morgan fingerprint density at radius 2 is 2.11 bits per heavy atom. The molecule has 0 aliphatic heterocycles. The number of carboxylic acids is 1. The fraction of sp³-hybridized carbons (Fsp3) is 0.167. The predicted octanol–water partition coefficient (Wildman–Crippen LogP) is 1.64. The Balaban J connectivity index is 2.69. The van der Waals surface area contributed by atoms with E-state index in [9.17, 15) is 4.79 Å². The number of hydrogen-bond donors (Lipinski definition) is 2. The van der Waals surface area contributed by atoms with Crippen molar-refractivity contribution in [3.05, 3.63) is 23.9 Å². The van der Waals surface area contributed by atoms with Gasteiger partial charge in [-0.05, 0) is 18.2 Å². The molecule has 2 aromatic rings. The SMILES string of the molecule is COc1ccc(OC)c(-c2c(C(=O)O)noc2N)c1. The fourth-order valence-electron chi connectivity index (χ4n) is 1.72. The number of aromatic nitrogens is 1. The molecular formula is C12H12N2O5. The average molecular weight is 264 g/mol. The zero-order valence-electron chi connectivity index (χ0n) is 10.3. The first-order valence-corrected chi connectivity index (χ1v) is 5.29. The lowest BCUT2D eigenvalue weighted by atomic mass is 10.0. The zero-order chi connectivity index (χ0) is 14.0. The third-order valence-electron chi connectivity index (χ3n) is 2.60. The molecule has 2 rings (SSSR count). The molecule has 0 saturated carbocycles. The van der Waals surface area contributed by atoms with Gasteiger partial charge in [0.15, 0.2) is 0 Å². The van der Waals surface area contributed by atoms with Crippen LogP contribution >= 0.6 is 0 Å². The lowest BCUT2D eigenvalue weighted by Crippen LogP contribution is -2.01. The van der Waals surface area contributed by atoms with Gasteiger partial charge < -0.3 is 24.8 Å². The highest BCUT2D eigenvalue weighted by atomic mass is 16.5. The van der Waals surface area contributed by atoms with Gasteiger partial charge in [-0.15, -0.1) is 0 Å². The summed E-state index contributed by atoms with van der Waals surface area (Å²) in [6.07, 6.45) is 0. The van der Waals surface area contributed by atoms with Crippen molar-refractivity contribution in [2.45, 2.75) is 0 Å². The van der Waals surface area contributed by atoms with Crippen LogP contribution in [0.3, 0.4) is 0 Å². The second-order valence-corrected chi connectivity index (χ2v) is 3.64. The number of methoxy groups -OCH3 is 2. The van der Waals surface area contributed by atoms with Crippen molar-refractivity contribution >= 4 is 11.9 Å². The lowest BCUT2D eigenvalue weighted by Gasteiger charge is -2.09. The number of carboxylic acid groups (broad SMARTS) is 1. The van der Waals surface area contributed by atoms with Crippen molar-refractivity contribution in [2.24, 2.45) is 0 Å². The number of ether oxygens (including phenoxy) is 2. The fourth-order valence-corrected chi connectivity index (χ4v) is 1.72. The van der Waals surface area contributed by atoms with Gasteiger partial charge in [0, 0.05) is 5.56 Å². The minimum Gasteiger partial charge on any atom is -0.497 e. The van der Waals surface area contributed by atoms with E-state index in [-0.39, 0.29) is 17.1 Å². The summed E-state index contributed by atoms with van der Waals surface area (Å²) in [5.74, 6) is -0.352. The number of benzene rings is 1. The molecule has 0 spiro atoms. The number of aromatic carboxylic acids is 1. The number of nitrogens with two attached hydrogens (primary N) is 1. The second-order valence-electron chi connectivity index (χ2n) is 3.64. The molecule has 3 N–H and O–H groups in total. The van der Waals surface area contributed by atoms with Crippen molar-refractivity contribution < 1.29 is 23.9 Å². The molecule has 19 heavy (non-hydrogen) atoms. The summed E-state index contributed by atoms with van der Waals surface area (Å²) >= 11 is 0. The van der Waals surface area contributed by atoms with E-state index in [1.54, 1.807) is 18.2 Å². The van der Waals surface area contributed by atoms with E-state index in [4.69, 9.17) is 24.8 Å². The molecule has 0 aliphatic carbocycles. The minimum atomic E-state index is -1.24. The van der Waals surface area contributed by atoms with Crippen LogP contribution in [-0.4, -0.2) is 30.5 Å². The third kappa shape index (κ3) is 2.17. The number of rotatable bonds is 4. The second kappa shape index (κ2) is 4.89. The maximum Gasteiger partial charge on any atom is 0.358 e. The summed E-state index contributed by atoms with van der Waals surface area (Å²) in [5.41, 5.74) is 5.98. The minimum absolute atomic E-state index is 0.0936. The Kier molecular flexibility index (Phi) is 3.28. The topological polar surface area (TPSA) is 108 Å². The van der Waals surface area contributed by atoms with Crippen molar-refractivity contribution in [1.29, 1.82) is 0 Å². The molecule has 1 aromatic carbocycles. The molecular weight excluding hydrogens is 252 g/mol. The van der Waals surface area contributed by atoms with Gasteiger partial charge in [0.1, 0.15) is 11.5 Å². The predicted molar refractivity (Wildman–Crippen MR) is 66.4 cm³/mol. The molecule has 0 saturated heterocycles. The van der Waals surface area contributed by atoms with E-state index in [0.29, 0.717) is 17.1 Å². The first kappa shape index (κ1) is 12.7. The normalized spacial score (nSPS) is 10.2. The maximum atomic E-state index is 11.1. The average Bonchev–Trinajstić information content (AvgIpc) is 2.80. The van der Waals surface area contributed by atoms with Crippen LogP contribution in [0.15, 0.2) is 22.7 Å². The quantitative estimate of drug-likeness (QED) is 0.864. The standard InChI is InChI=1S/C12H12N2O5/c1-17-6-3-4-8(18-2)7(5-6)9-10(12(15)16)14-19-11(9)13/h3-5H,13H2,1-2H3,(H,15,16). The smallest absolute Gasteiger partial charge is 0.358 e. The van der Waals surface area contributed by atoms with E-state index in [2.05, 4.69) is 5.16 Å². The summed E-state index contributed by atoms with van der Waals surface area (Å²) in [7, 11) is 2.97. The Morgan fingerprint density at radius 1 is 1.37 bits per heavy atom. The first-order chi connectivity index (χ1) is 9.08. The highest BCUT2D eigenvalue weighted by Gasteiger charge is 2.24. The molecule has 7 nitrogen and oxygen atoms in total. The van der Waals surface area contributed by atoms with Gasteiger partial charge in [0.05, 0.1) is 19.8 Å². The molecule has 1 aromatic heterocycles. The largest absolute Gasteiger partial charge is 0.497 e. The summed E-state index contributed by atoms with van der Waals surface area (Å²) in [5, 5.41) is 12.5. The van der Waals surface area contributed by atoms with Gasteiger partial charge in [0.2, 0.25) is 11.6 Å². The van der Waals surface area contributed by atoms with Gasteiger partial charge in [-0.3, -0.25) is 0 Å². The highest BCUT2D eigenvalue weighted by Crippen LogP contribution is 2.38. The zero-order valence-corrected chi connectivity index (χ0v) is 10.3. The van der Waals surface area contributed by atoms with Crippen LogP contribution in [-0.2, 0) is 0 Å². The molecule has 0 atom stereocenters. The summed E-state index contributed by atoms with van der Waals surface area (Å²) in [4.78, 5) is 11.1. The first-order valence-electron chi connectivity index (χ1n) is 5.29.